The van der Waals surface area contributed by atoms with Crippen LogP contribution in [0.15, 0.2) is 24.3 Å². The number of nitro benzene ring substituents is 1. The Bertz CT molecular complexity index is 568. The first-order valence-corrected chi connectivity index (χ1v) is 6.69. The highest BCUT2D eigenvalue weighted by Gasteiger charge is 2.27. The lowest BCUT2D eigenvalue weighted by Crippen LogP contribution is -2.37. The quantitative estimate of drug-likeness (QED) is 0.484. The van der Waals surface area contributed by atoms with Crippen molar-refractivity contribution in [3.05, 3.63) is 39.9 Å². The van der Waals surface area contributed by atoms with Crippen molar-refractivity contribution in [2.75, 3.05) is 0 Å². The molecule has 0 aliphatic heterocycles. The van der Waals surface area contributed by atoms with Crippen LogP contribution in [0.5, 0.6) is 0 Å². The smallest absolute Gasteiger partial charge is 0.311 e. The van der Waals surface area contributed by atoms with E-state index in [9.17, 15) is 19.7 Å². The highest BCUT2D eigenvalue weighted by atomic mass is 16.6. The molecule has 112 valence electrons. The van der Waals surface area contributed by atoms with E-state index in [0.717, 1.165) is 12.8 Å². The predicted molar refractivity (Wildman–Crippen MR) is 73.5 cm³/mol. The molecule has 0 saturated heterocycles. The van der Waals surface area contributed by atoms with Crippen LogP contribution in [-0.2, 0) is 20.7 Å². The van der Waals surface area contributed by atoms with Gasteiger partial charge in [-0.25, -0.2) is 0 Å². The second-order valence-electron chi connectivity index (χ2n) is 4.98. The van der Waals surface area contributed by atoms with E-state index in [0.29, 0.717) is 0 Å². The van der Waals surface area contributed by atoms with Gasteiger partial charge in [0.2, 0.25) is 0 Å². The number of benzene rings is 1. The van der Waals surface area contributed by atoms with Crippen molar-refractivity contribution in [3.63, 3.8) is 0 Å². The number of nitro groups is 1. The monoisotopic (exact) mass is 292 g/mol. The largest absolute Gasteiger partial charge is 0.452 e. The van der Waals surface area contributed by atoms with Gasteiger partial charge in [-0.3, -0.25) is 19.7 Å². The Morgan fingerprint density at radius 3 is 2.71 bits per heavy atom. The van der Waals surface area contributed by atoms with Crippen LogP contribution in [0.1, 0.15) is 25.3 Å². The number of esters is 1. The molecule has 0 bridgehead atoms. The average Bonchev–Trinajstić information content (AvgIpc) is 3.22. The third-order valence-corrected chi connectivity index (χ3v) is 3.12. The SMILES string of the molecule is C[C@H](OC(=O)Cc1ccccc1[N+](=O)[O-])C(=O)NC1CC1. The molecule has 1 aromatic carbocycles. The number of carbonyl (C=O) groups excluding carboxylic acids is 2. The molecular weight excluding hydrogens is 276 g/mol. The Hall–Kier alpha value is -2.44. The zero-order valence-corrected chi connectivity index (χ0v) is 11.6. The number of ether oxygens (including phenoxy) is 1. The fourth-order valence-electron chi connectivity index (χ4n) is 1.83. The molecule has 1 aromatic rings. The minimum atomic E-state index is -0.902. The summed E-state index contributed by atoms with van der Waals surface area (Å²) in [5.74, 6) is -1.00. The van der Waals surface area contributed by atoms with Crippen LogP contribution in [0, 0.1) is 10.1 Å². The first-order valence-electron chi connectivity index (χ1n) is 6.69. The fourth-order valence-corrected chi connectivity index (χ4v) is 1.83. The van der Waals surface area contributed by atoms with Gasteiger partial charge in [0.15, 0.2) is 6.10 Å². The van der Waals surface area contributed by atoms with E-state index in [1.54, 1.807) is 6.07 Å². The Labute approximate surface area is 121 Å². The van der Waals surface area contributed by atoms with E-state index in [1.165, 1.54) is 25.1 Å². The second kappa shape index (κ2) is 6.34. The summed E-state index contributed by atoms with van der Waals surface area (Å²) in [6.07, 6.45) is 0.754. The number of hydrogen-bond acceptors (Lipinski definition) is 5. The minimum Gasteiger partial charge on any atom is -0.452 e. The maximum atomic E-state index is 11.8. The molecule has 1 saturated carbocycles. The summed E-state index contributed by atoms with van der Waals surface area (Å²) < 4.78 is 5.01. The fraction of sp³-hybridized carbons (Fsp3) is 0.429. The minimum absolute atomic E-state index is 0.135. The van der Waals surface area contributed by atoms with E-state index in [4.69, 9.17) is 4.74 Å². The molecule has 0 aromatic heterocycles. The average molecular weight is 292 g/mol. The van der Waals surface area contributed by atoms with Crippen LogP contribution in [0.2, 0.25) is 0 Å². The first-order chi connectivity index (χ1) is 9.97. The van der Waals surface area contributed by atoms with Gasteiger partial charge in [-0.2, -0.15) is 0 Å². The molecule has 7 nitrogen and oxygen atoms in total. The zero-order valence-electron chi connectivity index (χ0n) is 11.6. The third kappa shape index (κ3) is 4.27. The molecule has 0 radical (unpaired) electrons. The molecule has 0 unspecified atom stereocenters. The normalized spacial score (nSPS) is 15.1. The lowest BCUT2D eigenvalue weighted by atomic mass is 10.1. The summed E-state index contributed by atoms with van der Waals surface area (Å²) in [6, 6.07) is 6.14. The number of para-hydroxylation sites is 1. The number of nitrogens with zero attached hydrogens (tertiary/aromatic N) is 1. The maximum Gasteiger partial charge on any atom is 0.311 e. The van der Waals surface area contributed by atoms with Crippen LogP contribution < -0.4 is 5.32 Å². The van der Waals surface area contributed by atoms with Gasteiger partial charge in [-0.05, 0) is 19.8 Å². The summed E-state index contributed by atoms with van der Waals surface area (Å²) in [6.45, 7) is 1.48. The highest BCUT2D eigenvalue weighted by Crippen LogP contribution is 2.20. The Balaban J connectivity index is 1.92. The first kappa shape index (κ1) is 15.0. The number of rotatable bonds is 6. The third-order valence-electron chi connectivity index (χ3n) is 3.12. The molecule has 0 heterocycles. The van der Waals surface area contributed by atoms with E-state index in [2.05, 4.69) is 5.32 Å². The van der Waals surface area contributed by atoms with Crippen LogP contribution >= 0.6 is 0 Å². The lowest BCUT2D eigenvalue weighted by molar-refractivity contribution is -0.385. The van der Waals surface area contributed by atoms with E-state index in [1.807, 2.05) is 0 Å². The molecule has 1 fully saturated rings. The standard InChI is InChI=1S/C14H16N2O5/c1-9(14(18)15-11-6-7-11)21-13(17)8-10-4-2-3-5-12(10)16(19)20/h2-5,9,11H,6-8H2,1H3,(H,15,18)/t9-/m0/s1. The van der Waals surface area contributed by atoms with Gasteiger partial charge < -0.3 is 10.1 Å². The molecule has 1 aliphatic carbocycles. The molecule has 21 heavy (non-hydrogen) atoms. The Morgan fingerprint density at radius 1 is 1.43 bits per heavy atom. The van der Waals surface area contributed by atoms with Gasteiger partial charge in [0.1, 0.15) is 0 Å². The molecule has 7 heteroatoms. The number of nitrogens with one attached hydrogen (secondary N) is 1. The summed E-state index contributed by atoms with van der Waals surface area (Å²) in [5.41, 5.74) is 0.131. The van der Waals surface area contributed by atoms with Crippen LogP contribution in [0.3, 0.4) is 0 Å². The molecule has 2 rings (SSSR count). The summed E-state index contributed by atoms with van der Waals surface area (Å²) in [5, 5.41) is 13.6. The molecule has 1 amide bonds. The van der Waals surface area contributed by atoms with Crippen LogP contribution in [0.4, 0.5) is 5.69 Å². The van der Waals surface area contributed by atoms with Gasteiger partial charge in [0, 0.05) is 17.7 Å². The zero-order chi connectivity index (χ0) is 15.4. The summed E-state index contributed by atoms with van der Waals surface area (Å²) in [4.78, 5) is 33.7. The van der Waals surface area contributed by atoms with Gasteiger partial charge in [-0.1, -0.05) is 18.2 Å². The van der Waals surface area contributed by atoms with Crippen molar-refractivity contribution >= 4 is 17.6 Å². The molecule has 1 N–H and O–H groups in total. The molecule has 1 atom stereocenters. The molecule has 1 aliphatic rings. The predicted octanol–water partition coefficient (Wildman–Crippen LogP) is 1.35. The number of carbonyl (C=O) groups is 2. The Morgan fingerprint density at radius 2 is 2.10 bits per heavy atom. The summed E-state index contributed by atoms with van der Waals surface area (Å²) in [7, 11) is 0. The topological polar surface area (TPSA) is 98.5 Å². The van der Waals surface area contributed by atoms with Crippen LogP contribution in [0.25, 0.3) is 0 Å². The van der Waals surface area contributed by atoms with E-state index in [-0.39, 0.29) is 29.6 Å². The van der Waals surface area contributed by atoms with Gasteiger partial charge in [0.25, 0.3) is 11.6 Å². The van der Waals surface area contributed by atoms with Crippen molar-refractivity contribution in [3.8, 4) is 0 Å². The van der Waals surface area contributed by atoms with E-state index >= 15 is 0 Å². The molecule has 0 spiro atoms. The number of hydrogen-bond donors (Lipinski definition) is 1. The summed E-state index contributed by atoms with van der Waals surface area (Å²) >= 11 is 0. The van der Waals surface area contributed by atoms with Crippen molar-refractivity contribution in [1.29, 1.82) is 0 Å². The van der Waals surface area contributed by atoms with E-state index < -0.39 is 17.0 Å². The van der Waals surface area contributed by atoms with Crippen molar-refractivity contribution in [1.82, 2.24) is 5.32 Å². The molecular formula is C14H16N2O5. The number of amides is 1. The maximum absolute atomic E-state index is 11.8. The Kier molecular flexibility index (Phi) is 4.52. The highest BCUT2D eigenvalue weighted by molar-refractivity contribution is 5.84. The van der Waals surface area contributed by atoms with Crippen molar-refractivity contribution in [2.24, 2.45) is 0 Å². The van der Waals surface area contributed by atoms with Crippen molar-refractivity contribution in [2.45, 2.75) is 38.3 Å². The van der Waals surface area contributed by atoms with Crippen LogP contribution in [-0.4, -0.2) is 28.9 Å². The van der Waals surface area contributed by atoms with Gasteiger partial charge >= 0.3 is 5.97 Å². The van der Waals surface area contributed by atoms with Gasteiger partial charge in [0.05, 0.1) is 11.3 Å². The van der Waals surface area contributed by atoms with Gasteiger partial charge in [-0.15, -0.1) is 0 Å². The van der Waals surface area contributed by atoms with Crippen molar-refractivity contribution < 1.29 is 19.2 Å². The lowest BCUT2D eigenvalue weighted by Gasteiger charge is -2.13. The second-order valence-corrected chi connectivity index (χ2v) is 4.98.